The molecule has 158 valence electrons. The highest BCUT2D eigenvalue weighted by Gasteiger charge is 2.25. The van der Waals surface area contributed by atoms with Crippen LogP contribution >= 0.6 is 0 Å². The quantitative estimate of drug-likeness (QED) is 0.554. The van der Waals surface area contributed by atoms with Crippen molar-refractivity contribution in [3.05, 3.63) is 69.5 Å². The van der Waals surface area contributed by atoms with Gasteiger partial charge in [-0.25, -0.2) is 4.39 Å². The molecule has 0 bridgehead atoms. The molecule has 8 nitrogen and oxygen atoms in total. The lowest BCUT2D eigenvalue weighted by Crippen LogP contribution is -2.51. The van der Waals surface area contributed by atoms with Crippen molar-refractivity contribution in [3.63, 3.8) is 0 Å². The molecule has 0 aliphatic carbocycles. The van der Waals surface area contributed by atoms with Crippen LogP contribution in [0.15, 0.2) is 42.5 Å². The molecule has 2 amide bonds. The Balaban J connectivity index is 1.53. The van der Waals surface area contributed by atoms with Crippen LogP contribution in [0.2, 0.25) is 0 Å². The second kappa shape index (κ2) is 9.00. The van der Waals surface area contributed by atoms with Crippen molar-refractivity contribution in [2.45, 2.75) is 6.92 Å². The first-order chi connectivity index (χ1) is 14.3. The van der Waals surface area contributed by atoms with Crippen LogP contribution in [0.5, 0.6) is 0 Å². The lowest BCUT2D eigenvalue weighted by atomic mass is 10.1. The van der Waals surface area contributed by atoms with Crippen LogP contribution < -0.4 is 4.90 Å². The molecule has 0 N–H and O–H groups in total. The molecule has 1 saturated heterocycles. The molecule has 9 heteroatoms. The van der Waals surface area contributed by atoms with Crippen LogP contribution in [0.4, 0.5) is 15.8 Å². The van der Waals surface area contributed by atoms with Gasteiger partial charge in [-0.05, 0) is 36.8 Å². The van der Waals surface area contributed by atoms with Gasteiger partial charge in [0, 0.05) is 56.6 Å². The summed E-state index contributed by atoms with van der Waals surface area (Å²) < 4.78 is 13.7. The van der Waals surface area contributed by atoms with Gasteiger partial charge in [0.15, 0.2) is 0 Å². The number of non-ortho nitro benzene ring substituents is 1. The average Bonchev–Trinajstić information content (AvgIpc) is 2.75. The second-order valence-electron chi connectivity index (χ2n) is 7.26. The number of carbonyl (C=O) groups excluding carboxylic acids is 2. The van der Waals surface area contributed by atoms with Gasteiger partial charge in [-0.3, -0.25) is 24.6 Å². The Bertz CT molecular complexity index is 956. The van der Waals surface area contributed by atoms with Crippen molar-refractivity contribution in [2.75, 3.05) is 44.7 Å². The van der Waals surface area contributed by atoms with Gasteiger partial charge >= 0.3 is 0 Å². The number of benzene rings is 2. The highest BCUT2D eigenvalue weighted by atomic mass is 19.1. The summed E-state index contributed by atoms with van der Waals surface area (Å²) in [6.45, 7) is 3.77. The number of halogens is 1. The molecule has 0 unspecified atom stereocenters. The zero-order chi connectivity index (χ0) is 21.8. The summed E-state index contributed by atoms with van der Waals surface area (Å²) in [5.41, 5.74) is 1.35. The van der Waals surface area contributed by atoms with Crippen molar-refractivity contribution in [3.8, 4) is 0 Å². The smallest absolute Gasteiger partial charge is 0.269 e. The number of carbonyl (C=O) groups is 2. The van der Waals surface area contributed by atoms with E-state index in [2.05, 4.69) is 0 Å². The Kier molecular flexibility index (Phi) is 6.41. The van der Waals surface area contributed by atoms with Crippen LogP contribution in [-0.4, -0.2) is 66.3 Å². The number of amides is 2. The summed E-state index contributed by atoms with van der Waals surface area (Å²) >= 11 is 0. The van der Waals surface area contributed by atoms with E-state index in [-0.39, 0.29) is 24.0 Å². The summed E-state index contributed by atoms with van der Waals surface area (Å²) in [6, 6.07) is 10.3. The van der Waals surface area contributed by atoms with Crippen LogP contribution in [0, 0.1) is 22.9 Å². The molecule has 2 aromatic carbocycles. The van der Waals surface area contributed by atoms with Crippen LogP contribution in [0.3, 0.4) is 0 Å². The van der Waals surface area contributed by atoms with E-state index in [4.69, 9.17) is 0 Å². The molecule has 0 aromatic heterocycles. The van der Waals surface area contributed by atoms with Gasteiger partial charge in [-0.15, -0.1) is 0 Å². The van der Waals surface area contributed by atoms with Crippen LogP contribution in [0.1, 0.15) is 15.9 Å². The minimum Gasteiger partial charge on any atom is -0.336 e. The lowest BCUT2D eigenvalue weighted by Gasteiger charge is -2.35. The largest absolute Gasteiger partial charge is 0.336 e. The number of hydrogen-bond acceptors (Lipinski definition) is 5. The Morgan fingerprint density at radius 3 is 2.30 bits per heavy atom. The molecule has 0 saturated carbocycles. The number of hydrogen-bond donors (Lipinski definition) is 0. The topological polar surface area (TPSA) is 87.0 Å². The Hall–Kier alpha value is -3.33. The van der Waals surface area contributed by atoms with Gasteiger partial charge in [0.1, 0.15) is 5.82 Å². The normalized spacial score (nSPS) is 14.4. The van der Waals surface area contributed by atoms with Gasteiger partial charge in [-0.2, -0.15) is 0 Å². The van der Waals surface area contributed by atoms with E-state index >= 15 is 0 Å². The molecule has 1 aliphatic rings. The lowest BCUT2D eigenvalue weighted by molar-refractivity contribution is -0.384. The van der Waals surface area contributed by atoms with Crippen molar-refractivity contribution in [2.24, 2.45) is 0 Å². The Morgan fingerprint density at radius 2 is 1.73 bits per heavy atom. The number of nitro groups is 1. The van der Waals surface area contributed by atoms with Crippen molar-refractivity contribution >= 4 is 23.2 Å². The number of nitro benzene ring substituents is 1. The van der Waals surface area contributed by atoms with Crippen LogP contribution in [-0.2, 0) is 4.79 Å². The molecule has 0 spiro atoms. The third-order valence-corrected chi connectivity index (χ3v) is 5.26. The zero-order valence-electron chi connectivity index (χ0n) is 16.9. The van der Waals surface area contributed by atoms with E-state index in [0.29, 0.717) is 43.0 Å². The number of piperazine rings is 1. The fourth-order valence-corrected chi connectivity index (χ4v) is 3.26. The van der Waals surface area contributed by atoms with Gasteiger partial charge in [0.2, 0.25) is 5.91 Å². The standard InChI is InChI=1S/C21H23FN4O4/c1-15-3-4-16(13-19(15)22)21(28)25-11-9-24(10-12-25)14-20(27)23(2)17-5-7-18(8-6-17)26(29)30/h3-8,13H,9-12,14H2,1-2H3. The SMILES string of the molecule is Cc1ccc(C(=O)N2CCN(CC(=O)N(C)c3ccc([N+](=O)[O-])cc3)CC2)cc1F. The summed E-state index contributed by atoms with van der Waals surface area (Å²) in [6.07, 6.45) is 0. The van der Waals surface area contributed by atoms with E-state index in [1.807, 2.05) is 4.90 Å². The van der Waals surface area contributed by atoms with Crippen molar-refractivity contribution in [1.29, 1.82) is 0 Å². The first-order valence-corrected chi connectivity index (χ1v) is 9.55. The fourth-order valence-electron chi connectivity index (χ4n) is 3.26. The van der Waals surface area contributed by atoms with Crippen molar-refractivity contribution in [1.82, 2.24) is 9.80 Å². The molecule has 0 radical (unpaired) electrons. The molecule has 1 heterocycles. The monoisotopic (exact) mass is 414 g/mol. The first-order valence-electron chi connectivity index (χ1n) is 9.55. The molecular formula is C21H23FN4O4. The van der Waals surface area contributed by atoms with E-state index in [1.165, 1.54) is 35.2 Å². The third-order valence-electron chi connectivity index (χ3n) is 5.26. The van der Waals surface area contributed by atoms with Gasteiger partial charge in [-0.1, -0.05) is 6.07 Å². The fraction of sp³-hybridized carbons (Fsp3) is 0.333. The maximum absolute atomic E-state index is 13.7. The average molecular weight is 414 g/mol. The molecule has 30 heavy (non-hydrogen) atoms. The number of anilines is 1. The molecule has 0 atom stereocenters. The first kappa shape index (κ1) is 21.4. The summed E-state index contributed by atoms with van der Waals surface area (Å²) in [5, 5.41) is 10.7. The maximum atomic E-state index is 13.7. The van der Waals surface area contributed by atoms with E-state index < -0.39 is 10.7 Å². The minimum absolute atomic E-state index is 0.0335. The predicted octanol–water partition coefficient (Wildman–Crippen LogP) is 2.46. The third kappa shape index (κ3) is 4.80. The summed E-state index contributed by atoms with van der Waals surface area (Å²) in [5.74, 6) is -0.772. The maximum Gasteiger partial charge on any atom is 0.269 e. The predicted molar refractivity (Wildman–Crippen MR) is 110 cm³/mol. The van der Waals surface area contributed by atoms with E-state index in [9.17, 15) is 24.1 Å². The molecular weight excluding hydrogens is 391 g/mol. The highest BCUT2D eigenvalue weighted by molar-refractivity contribution is 5.95. The molecule has 1 aliphatic heterocycles. The van der Waals surface area contributed by atoms with E-state index in [0.717, 1.165) is 0 Å². The van der Waals surface area contributed by atoms with Gasteiger partial charge < -0.3 is 9.80 Å². The molecule has 3 rings (SSSR count). The second-order valence-corrected chi connectivity index (χ2v) is 7.26. The molecule has 1 fully saturated rings. The van der Waals surface area contributed by atoms with Crippen LogP contribution in [0.25, 0.3) is 0 Å². The number of rotatable bonds is 5. The Labute approximate surface area is 173 Å². The van der Waals surface area contributed by atoms with Gasteiger partial charge in [0.25, 0.3) is 11.6 Å². The summed E-state index contributed by atoms with van der Waals surface area (Å²) in [7, 11) is 1.62. The van der Waals surface area contributed by atoms with Gasteiger partial charge in [0.05, 0.1) is 11.5 Å². The number of likely N-dealkylation sites (N-methyl/N-ethyl adjacent to an activating group) is 1. The van der Waals surface area contributed by atoms with E-state index in [1.54, 1.807) is 31.0 Å². The summed E-state index contributed by atoms with van der Waals surface area (Å²) in [4.78, 5) is 40.5. The number of aryl methyl sites for hydroxylation is 1. The molecule has 2 aromatic rings. The zero-order valence-corrected chi connectivity index (χ0v) is 16.9. The highest BCUT2D eigenvalue weighted by Crippen LogP contribution is 2.19. The Morgan fingerprint density at radius 1 is 1.10 bits per heavy atom. The van der Waals surface area contributed by atoms with Crippen molar-refractivity contribution < 1.29 is 18.9 Å². The number of nitrogens with zero attached hydrogens (tertiary/aromatic N) is 4. The minimum atomic E-state index is -0.489.